The molecule has 1 atom stereocenters. The van der Waals surface area contributed by atoms with Gasteiger partial charge in [-0.05, 0) is 31.4 Å². The molecule has 0 bridgehead atoms. The third-order valence-electron chi connectivity index (χ3n) is 2.40. The summed E-state index contributed by atoms with van der Waals surface area (Å²) in [6.45, 7) is 1.81. The molecule has 1 unspecified atom stereocenters. The summed E-state index contributed by atoms with van der Waals surface area (Å²) in [5.74, 6) is -0.148. The van der Waals surface area contributed by atoms with Crippen molar-refractivity contribution < 1.29 is 4.79 Å². The summed E-state index contributed by atoms with van der Waals surface area (Å²) >= 11 is 16.2. The van der Waals surface area contributed by atoms with E-state index in [1.165, 1.54) is 34.9 Å². The van der Waals surface area contributed by atoms with E-state index in [0.717, 1.165) is 8.68 Å². The zero-order chi connectivity index (χ0) is 15.4. The highest BCUT2D eigenvalue weighted by Crippen LogP contribution is 2.31. The number of aromatic nitrogens is 2. The largest absolute Gasteiger partial charge is 0.324 e. The fourth-order valence-corrected chi connectivity index (χ4v) is 4.40. The molecule has 9 heteroatoms. The summed E-state index contributed by atoms with van der Waals surface area (Å²) in [5.41, 5.74) is 0.542. The molecular weight excluding hydrogens is 369 g/mol. The SMILES string of the molecule is CSc1nnc(SC(C)C(=O)Nc2ccc(Cl)cc2Cl)s1. The van der Waals surface area contributed by atoms with Crippen LogP contribution in [0.2, 0.25) is 10.0 Å². The van der Waals surface area contributed by atoms with Crippen molar-refractivity contribution in [3.63, 3.8) is 0 Å². The van der Waals surface area contributed by atoms with Gasteiger partial charge >= 0.3 is 0 Å². The Bertz CT molecular complexity index is 650. The summed E-state index contributed by atoms with van der Waals surface area (Å²) < 4.78 is 1.65. The second-order valence-corrected chi connectivity index (χ2v) is 8.37. The van der Waals surface area contributed by atoms with Crippen LogP contribution in [0.5, 0.6) is 0 Å². The van der Waals surface area contributed by atoms with E-state index in [1.807, 2.05) is 13.2 Å². The van der Waals surface area contributed by atoms with Crippen molar-refractivity contribution in [3.8, 4) is 0 Å². The van der Waals surface area contributed by atoms with Crippen molar-refractivity contribution in [1.29, 1.82) is 0 Å². The van der Waals surface area contributed by atoms with E-state index < -0.39 is 0 Å². The van der Waals surface area contributed by atoms with Gasteiger partial charge in [0.25, 0.3) is 0 Å². The van der Waals surface area contributed by atoms with Gasteiger partial charge in [-0.2, -0.15) is 0 Å². The van der Waals surface area contributed by atoms with Gasteiger partial charge in [-0.15, -0.1) is 10.2 Å². The Balaban J connectivity index is 1.99. The minimum atomic E-state index is -0.306. The van der Waals surface area contributed by atoms with Crippen molar-refractivity contribution >= 4 is 69.7 Å². The second-order valence-electron chi connectivity index (χ2n) is 3.91. The Morgan fingerprint density at radius 1 is 1.33 bits per heavy atom. The lowest BCUT2D eigenvalue weighted by Crippen LogP contribution is -2.22. The molecule has 0 aliphatic carbocycles. The van der Waals surface area contributed by atoms with E-state index in [-0.39, 0.29) is 11.2 Å². The molecule has 1 aromatic heterocycles. The first-order valence-electron chi connectivity index (χ1n) is 5.79. The topological polar surface area (TPSA) is 54.9 Å². The molecule has 1 N–H and O–H groups in total. The Morgan fingerprint density at radius 2 is 2.05 bits per heavy atom. The second kappa shape index (κ2) is 7.69. The molecule has 0 aliphatic heterocycles. The molecule has 0 fully saturated rings. The average molecular weight is 380 g/mol. The highest BCUT2D eigenvalue weighted by atomic mass is 35.5. The Labute approximate surface area is 145 Å². The highest BCUT2D eigenvalue weighted by molar-refractivity contribution is 8.03. The van der Waals surface area contributed by atoms with Gasteiger partial charge in [0.1, 0.15) is 0 Å². The third kappa shape index (κ3) is 4.75. The minimum absolute atomic E-state index is 0.148. The maximum atomic E-state index is 12.2. The Hall–Kier alpha value is -0.470. The van der Waals surface area contributed by atoms with E-state index in [4.69, 9.17) is 23.2 Å². The molecular formula is C12H11Cl2N3OS3. The fraction of sp³-hybridized carbons (Fsp3) is 0.250. The molecule has 2 rings (SSSR count). The molecule has 112 valence electrons. The number of rotatable bonds is 5. The van der Waals surface area contributed by atoms with Crippen LogP contribution in [-0.2, 0) is 4.79 Å². The van der Waals surface area contributed by atoms with Crippen LogP contribution < -0.4 is 5.32 Å². The van der Waals surface area contributed by atoms with Crippen molar-refractivity contribution in [3.05, 3.63) is 28.2 Å². The fourth-order valence-electron chi connectivity index (χ4n) is 1.36. The number of amides is 1. The Morgan fingerprint density at radius 3 is 2.67 bits per heavy atom. The van der Waals surface area contributed by atoms with E-state index in [0.29, 0.717) is 15.7 Å². The van der Waals surface area contributed by atoms with Crippen molar-refractivity contribution in [2.75, 3.05) is 11.6 Å². The maximum Gasteiger partial charge on any atom is 0.237 e. The van der Waals surface area contributed by atoms with Gasteiger partial charge in [0.15, 0.2) is 8.68 Å². The first-order chi connectivity index (χ1) is 9.99. The van der Waals surface area contributed by atoms with Crippen LogP contribution in [0.4, 0.5) is 5.69 Å². The molecule has 0 aliphatic rings. The van der Waals surface area contributed by atoms with Gasteiger partial charge in [-0.3, -0.25) is 4.79 Å². The first-order valence-corrected chi connectivity index (χ1v) is 9.47. The molecule has 0 saturated carbocycles. The van der Waals surface area contributed by atoms with Crippen molar-refractivity contribution in [2.45, 2.75) is 20.9 Å². The van der Waals surface area contributed by atoms with Crippen LogP contribution >= 0.6 is 58.1 Å². The number of carbonyl (C=O) groups is 1. The van der Waals surface area contributed by atoms with Crippen LogP contribution in [0.1, 0.15) is 6.92 Å². The van der Waals surface area contributed by atoms with Gasteiger partial charge in [0, 0.05) is 5.02 Å². The van der Waals surface area contributed by atoms with Gasteiger partial charge < -0.3 is 5.32 Å². The average Bonchev–Trinajstić information content (AvgIpc) is 2.89. The molecule has 1 amide bonds. The van der Waals surface area contributed by atoms with Crippen molar-refractivity contribution in [2.24, 2.45) is 0 Å². The molecule has 1 heterocycles. The smallest absolute Gasteiger partial charge is 0.237 e. The van der Waals surface area contributed by atoms with Crippen LogP contribution in [-0.4, -0.2) is 27.6 Å². The lowest BCUT2D eigenvalue weighted by molar-refractivity contribution is -0.115. The maximum absolute atomic E-state index is 12.2. The molecule has 0 saturated heterocycles. The third-order valence-corrected chi connectivity index (χ3v) is 6.03. The summed E-state index contributed by atoms with van der Waals surface area (Å²) in [7, 11) is 0. The molecule has 0 spiro atoms. The van der Waals surface area contributed by atoms with Gasteiger partial charge in [0.2, 0.25) is 5.91 Å². The predicted octanol–water partition coefficient (Wildman–Crippen LogP) is 4.69. The van der Waals surface area contributed by atoms with E-state index in [2.05, 4.69) is 15.5 Å². The standard InChI is InChI=1S/C12H11Cl2N3OS3/c1-6(20-12-17-16-11(19-2)21-12)10(18)15-9-4-3-7(13)5-8(9)14/h3-6H,1-2H3,(H,15,18). The minimum Gasteiger partial charge on any atom is -0.324 e. The zero-order valence-electron chi connectivity index (χ0n) is 11.1. The molecule has 2 aromatic rings. The summed E-state index contributed by atoms with van der Waals surface area (Å²) in [5, 5.41) is 11.4. The quantitative estimate of drug-likeness (QED) is 0.763. The summed E-state index contributed by atoms with van der Waals surface area (Å²) in [6, 6.07) is 4.94. The molecule has 4 nitrogen and oxygen atoms in total. The van der Waals surface area contributed by atoms with E-state index in [9.17, 15) is 4.79 Å². The number of thioether (sulfide) groups is 2. The summed E-state index contributed by atoms with van der Waals surface area (Å²) in [6.07, 6.45) is 1.94. The number of carbonyl (C=O) groups excluding carboxylic acids is 1. The normalized spacial score (nSPS) is 12.2. The Kier molecular flexibility index (Phi) is 6.19. The zero-order valence-corrected chi connectivity index (χ0v) is 15.1. The highest BCUT2D eigenvalue weighted by Gasteiger charge is 2.18. The van der Waals surface area contributed by atoms with Crippen molar-refractivity contribution in [1.82, 2.24) is 10.2 Å². The number of halogens is 2. The van der Waals surface area contributed by atoms with Crippen LogP contribution in [0, 0.1) is 0 Å². The van der Waals surface area contributed by atoms with Crippen LogP contribution in [0.15, 0.2) is 26.9 Å². The first kappa shape index (κ1) is 16.9. The molecule has 1 aromatic carbocycles. The summed E-state index contributed by atoms with van der Waals surface area (Å²) in [4.78, 5) is 12.2. The van der Waals surface area contributed by atoms with Crippen LogP contribution in [0.3, 0.4) is 0 Å². The molecule has 21 heavy (non-hydrogen) atoms. The van der Waals surface area contributed by atoms with Crippen LogP contribution in [0.25, 0.3) is 0 Å². The predicted molar refractivity (Wildman–Crippen MR) is 92.1 cm³/mol. The lowest BCUT2D eigenvalue weighted by atomic mass is 10.3. The number of benzene rings is 1. The van der Waals surface area contributed by atoms with E-state index in [1.54, 1.807) is 18.2 Å². The van der Waals surface area contributed by atoms with Gasteiger partial charge in [0.05, 0.1) is 16.0 Å². The number of nitrogens with one attached hydrogen (secondary N) is 1. The monoisotopic (exact) mass is 379 g/mol. The number of nitrogens with zero attached hydrogens (tertiary/aromatic N) is 2. The number of hydrogen-bond donors (Lipinski definition) is 1. The lowest BCUT2D eigenvalue weighted by Gasteiger charge is -2.11. The number of anilines is 1. The number of hydrogen-bond acceptors (Lipinski definition) is 6. The van der Waals surface area contributed by atoms with Gasteiger partial charge in [-0.1, -0.05) is 58.1 Å². The van der Waals surface area contributed by atoms with Gasteiger partial charge in [-0.25, -0.2) is 0 Å². The van der Waals surface area contributed by atoms with E-state index >= 15 is 0 Å². The molecule has 0 radical (unpaired) electrons.